The van der Waals surface area contributed by atoms with Gasteiger partial charge in [0.05, 0.1) is 5.56 Å². The highest BCUT2D eigenvalue weighted by atomic mass is 16.5. The van der Waals surface area contributed by atoms with E-state index >= 15 is 0 Å². The van der Waals surface area contributed by atoms with E-state index in [-0.39, 0.29) is 11.6 Å². The summed E-state index contributed by atoms with van der Waals surface area (Å²) in [5, 5.41) is 11.7. The third kappa shape index (κ3) is 4.73. The van der Waals surface area contributed by atoms with Crippen LogP contribution in [0.1, 0.15) is 28.8 Å². The first-order valence-corrected chi connectivity index (χ1v) is 7.45. The Hall–Kier alpha value is -2.08. The lowest BCUT2D eigenvalue weighted by Gasteiger charge is -2.27. The molecule has 6 heteroatoms. The number of rotatable bonds is 5. The molecule has 120 valence electrons. The normalized spacial score (nSPS) is 15.3. The quantitative estimate of drug-likeness (QED) is 0.871. The molecule has 0 atom stereocenters. The van der Waals surface area contributed by atoms with Crippen LogP contribution >= 0.6 is 0 Å². The van der Waals surface area contributed by atoms with Gasteiger partial charge < -0.3 is 20.1 Å². The van der Waals surface area contributed by atoms with E-state index in [1.165, 1.54) is 12.1 Å². The van der Waals surface area contributed by atoms with Gasteiger partial charge in [0.15, 0.2) is 0 Å². The SMILES string of the molecule is CN(CC1CCOCC1)C(=O)NCc1ccc(C(=O)O)cc1. The number of hydrogen-bond donors (Lipinski definition) is 2. The summed E-state index contributed by atoms with van der Waals surface area (Å²) in [5.74, 6) is -0.453. The van der Waals surface area contributed by atoms with Crippen molar-refractivity contribution < 1.29 is 19.4 Å². The zero-order valence-electron chi connectivity index (χ0n) is 12.7. The number of carbonyl (C=O) groups is 2. The number of nitrogens with zero attached hydrogens (tertiary/aromatic N) is 1. The van der Waals surface area contributed by atoms with Gasteiger partial charge in [-0.1, -0.05) is 12.1 Å². The Morgan fingerprint density at radius 1 is 1.27 bits per heavy atom. The number of carboxylic acids is 1. The highest BCUT2D eigenvalue weighted by Crippen LogP contribution is 2.15. The van der Waals surface area contributed by atoms with E-state index in [0.29, 0.717) is 12.5 Å². The van der Waals surface area contributed by atoms with Gasteiger partial charge in [0.25, 0.3) is 0 Å². The minimum Gasteiger partial charge on any atom is -0.478 e. The number of ether oxygens (including phenoxy) is 1. The molecule has 0 unspecified atom stereocenters. The summed E-state index contributed by atoms with van der Waals surface area (Å²) in [5.41, 5.74) is 1.12. The van der Waals surface area contributed by atoms with Crippen molar-refractivity contribution in [3.63, 3.8) is 0 Å². The van der Waals surface area contributed by atoms with Gasteiger partial charge in [-0.25, -0.2) is 9.59 Å². The molecule has 1 aromatic rings. The fourth-order valence-corrected chi connectivity index (χ4v) is 2.48. The number of urea groups is 1. The number of carboxylic acid groups (broad SMARTS) is 1. The summed E-state index contributed by atoms with van der Waals surface area (Å²) in [4.78, 5) is 24.5. The van der Waals surface area contributed by atoms with E-state index in [1.807, 2.05) is 0 Å². The van der Waals surface area contributed by atoms with Gasteiger partial charge in [0.1, 0.15) is 0 Å². The molecule has 2 amide bonds. The average molecular weight is 306 g/mol. The van der Waals surface area contributed by atoms with Crippen LogP contribution in [-0.4, -0.2) is 48.8 Å². The summed E-state index contributed by atoms with van der Waals surface area (Å²) in [6, 6.07) is 6.38. The summed E-state index contributed by atoms with van der Waals surface area (Å²) in [6.45, 7) is 2.66. The molecule has 6 nitrogen and oxygen atoms in total. The number of benzene rings is 1. The van der Waals surface area contributed by atoms with Crippen LogP contribution in [0.2, 0.25) is 0 Å². The molecule has 1 fully saturated rings. The van der Waals surface area contributed by atoms with Gasteiger partial charge in [-0.15, -0.1) is 0 Å². The van der Waals surface area contributed by atoms with Gasteiger partial charge in [-0.2, -0.15) is 0 Å². The molecule has 2 rings (SSSR count). The van der Waals surface area contributed by atoms with Crippen LogP contribution < -0.4 is 5.32 Å². The zero-order valence-corrected chi connectivity index (χ0v) is 12.7. The van der Waals surface area contributed by atoms with Crippen LogP contribution in [0.3, 0.4) is 0 Å². The van der Waals surface area contributed by atoms with Crippen molar-refractivity contribution in [2.75, 3.05) is 26.8 Å². The first kappa shape index (κ1) is 16.3. The number of amides is 2. The maximum Gasteiger partial charge on any atom is 0.335 e. The third-order valence-electron chi connectivity index (χ3n) is 3.86. The number of nitrogens with one attached hydrogen (secondary N) is 1. The van der Waals surface area contributed by atoms with Crippen LogP contribution in [0.15, 0.2) is 24.3 Å². The fourth-order valence-electron chi connectivity index (χ4n) is 2.48. The van der Waals surface area contributed by atoms with Crippen molar-refractivity contribution in [1.29, 1.82) is 0 Å². The Morgan fingerprint density at radius 3 is 2.50 bits per heavy atom. The van der Waals surface area contributed by atoms with Crippen LogP contribution in [0.4, 0.5) is 4.79 Å². The van der Waals surface area contributed by atoms with Crippen molar-refractivity contribution in [2.24, 2.45) is 5.92 Å². The van der Waals surface area contributed by atoms with Crippen molar-refractivity contribution in [3.8, 4) is 0 Å². The van der Waals surface area contributed by atoms with Crippen LogP contribution in [0.25, 0.3) is 0 Å². The average Bonchev–Trinajstić information content (AvgIpc) is 2.53. The molecular formula is C16H22N2O4. The highest BCUT2D eigenvalue weighted by molar-refractivity contribution is 5.87. The smallest absolute Gasteiger partial charge is 0.335 e. The molecule has 0 spiro atoms. The summed E-state index contributed by atoms with van der Waals surface area (Å²) < 4.78 is 5.31. The Balaban J connectivity index is 1.77. The van der Waals surface area contributed by atoms with Gasteiger partial charge in [-0.05, 0) is 36.5 Å². The Kier molecular flexibility index (Phi) is 5.77. The van der Waals surface area contributed by atoms with E-state index in [2.05, 4.69) is 5.32 Å². The van der Waals surface area contributed by atoms with E-state index in [1.54, 1.807) is 24.1 Å². The van der Waals surface area contributed by atoms with Crippen molar-refractivity contribution in [3.05, 3.63) is 35.4 Å². The summed E-state index contributed by atoms with van der Waals surface area (Å²) in [7, 11) is 1.79. The standard InChI is InChI=1S/C16H22N2O4/c1-18(11-13-6-8-22-9-7-13)16(21)17-10-12-2-4-14(5-3-12)15(19)20/h2-5,13H,6-11H2,1H3,(H,17,21)(H,19,20). The maximum atomic E-state index is 12.1. The number of hydrogen-bond acceptors (Lipinski definition) is 3. The first-order valence-electron chi connectivity index (χ1n) is 7.45. The Morgan fingerprint density at radius 2 is 1.91 bits per heavy atom. The zero-order chi connectivity index (χ0) is 15.9. The third-order valence-corrected chi connectivity index (χ3v) is 3.86. The van der Waals surface area contributed by atoms with E-state index < -0.39 is 5.97 Å². The number of aromatic carboxylic acids is 1. The molecule has 0 bridgehead atoms. The summed E-state index contributed by atoms with van der Waals surface area (Å²) >= 11 is 0. The Labute approximate surface area is 130 Å². The molecule has 0 aliphatic carbocycles. The van der Waals surface area contributed by atoms with E-state index in [9.17, 15) is 9.59 Å². The lowest BCUT2D eigenvalue weighted by Crippen LogP contribution is -2.40. The predicted octanol–water partition coefficient (Wildman–Crippen LogP) is 1.95. The molecule has 2 N–H and O–H groups in total. The molecule has 0 radical (unpaired) electrons. The van der Waals surface area contributed by atoms with E-state index in [4.69, 9.17) is 9.84 Å². The van der Waals surface area contributed by atoms with Gasteiger partial charge >= 0.3 is 12.0 Å². The van der Waals surface area contributed by atoms with Gasteiger partial charge in [0.2, 0.25) is 0 Å². The first-order chi connectivity index (χ1) is 10.6. The topological polar surface area (TPSA) is 78.9 Å². The molecular weight excluding hydrogens is 284 g/mol. The second-order valence-corrected chi connectivity index (χ2v) is 5.60. The van der Waals surface area contributed by atoms with Crippen molar-refractivity contribution >= 4 is 12.0 Å². The van der Waals surface area contributed by atoms with Crippen molar-refractivity contribution in [2.45, 2.75) is 19.4 Å². The molecule has 1 aromatic carbocycles. The maximum absolute atomic E-state index is 12.1. The van der Waals surface area contributed by atoms with E-state index in [0.717, 1.165) is 38.2 Å². The molecule has 0 saturated carbocycles. The number of carbonyl (C=O) groups excluding carboxylic acids is 1. The van der Waals surface area contributed by atoms with Gasteiger partial charge in [0, 0.05) is 33.4 Å². The Bertz CT molecular complexity index is 509. The molecule has 1 heterocycles. The van der Waals surface area contributed by atoms with Crippen LogP contribution in [0.5, 0.6) is 0 Å². The predicted molar refractivity (Wildman–Crippen MR) is 81.8 cm³/mol. The largest absolute Gasteiger partial charge is 0.478 e. The monoisotopic (exact) mass is 306 g/mol. The highest BCUT2D eigenvalue weighted by Gasteiger charge is 2.18. The van der Waals surface area contributed by atoms with Crippen molar-refractivity contribution in [1.82, 2.24) is 10.2 Å². The minimum atomic E-state index is -0.952. The fraction of sp³-hybridized carbons (Fsp3) is 0.500. The molecule has 22 heavy (non-hydrogen) atoms. The molecule has 1 aliphatic rings. The lowest BCUT2D eigenvalue weighted by molar-refractivity contribution is 0.0586. The van der Waals surface area contributed by atoms with Gasteiger partial charge in [-0.3, -0.25) is 0 Å². The minimum absolute atomic E-state index is 0.117. The molecule has 1 aliphatic heterocycles. The summed E-state index contributed by atoms with van der Waals surface area (Å²) in [6.07, 6.45) is 1.99. The molecule has 0 aromatic heterocycles. The second-order valence-electron chi connectivity index (χ2n) is 5.60. The van der Waals surface area contributed by atoms with Crippen LogP contribution in [-0.2, 0) is 11.3 Å². The lowest BCUT2D eigenvalue weighted by atomic mass is 10.00. The molecule has 1 saturated heterocycles. The second kappa shape index (κ2) is 7.79. The van der Waals surface area contributed by atoms with Crippen LogP contribution in [0, 0.1) is 5.92 Å².